The molecule has 0 aromatic heterocycles. The second kappa shape index (κ2) is 12.6. The van der Waals surface area contributed by atoms with Crippen molar-refractivity contribution in [3.63, 3.8) is 0 Å². The molecule has 0 unspecified atom stereocenters. The Labute approximate surface area is 208 Å². The molecular weight excluding hydrogens is 531 g/mol. The van der Waals surface area contributed by atoms with Crippen LogP contribution in [-0.4, -0.2) is 40.2 Å². The number of hydrogen-bond acceptors (Lipinski definition) is 5. The third kappa shape index (κ3) is 7.09. The SMILES string of the molecule is O[C@@H]1OC[C@@H](OCc2ccccc2)[C@H](OCc2ccccc2)[C@@H](OCc2ccccc2)[C@H]1I. The molecule has 1 aliphatic heterocycles. The minimum atomic E-state index is -0.973. The maximum atomic E-state index is 10.6. The third-order valence-electron chi connectivity index (χ3n) is 5.59. The summed E-state index contributed by atoms with van der Waals surface area (Å²) in [5, 5.41) is 10.6. The molecule has 0 amide bonds. The number of benzene rings is 3. The average Bonchev–Trinajstić information content (AvgIpc) is 2.98. The quantitative estimate of drug-likeness (QED) is 0.298. The molecular formula is C27H29IO5. The molecule has 0 saturated carbocycles. The Morgan fingerprint density at radius 2 is 1.09 bits per heavy atom. The lowest BCUT2D eigenvalue weighted by Crippen LogP contribution is -2.47. The topological polar surface area (TPSA) is 57.2 Å². The van der Waals surface area contributed by atoms with Gasteiger partial charge >= 0.3 is 0 Å². The van der Waals surface area contributed by atoms with Gasteiger partial charge in [-0.3, -0.25) is 0 Å². The van der Waals surface area contributed by atoms with Crippen LogP contribution in [0.5, 0.6) is 0 Å². The first-order valence-corrected chi connectivity index (χ1v) is 12.4. The van der Waals surface area contributed by atoms with Gasteiger partial charge in [0.25, 0.3) is 0 Å². The van der Waals surface area contributed by atoms with Crippen molar-refractivity contribution in [2.45, 2.75) is 48.3 Å². The number of aliphatic hydroxyl groups is 1. The van der Waals surface area contributed by atoms with Gasteiger partial charge in [0, 0.05) is 0 Å². The molecule has 5 atom stereocenters. The van der Waals surface area contributed by atoms with E-state index in [1.807, 2.05) is 91.0 Å². The van der Waals surface area contributed by atoms with Gasteiger partial charge in [-0.05, 0) is 16.7 Å². The molecule has 33 heavy (non-hydrogen) atoms. The first-order chi connectivity index (χ1) is 16.2. The fraction of sp³-hybridized carbons (Fsp3) is 0.333. The third-order valence-corrected chi connectivity index (χ3v) is 6.91. The predicted molar refractivity (Wildman–Crippen MR) is 135 cm³/mol. The molecule has 0 radical (unpaired) electrons. The minimum Gasteiger partial charge on any atom is -0.369 e. The number of rotatable bonds is 9. The molecule has 0 aliphatic carbocycles. The molecule has 1 fully saturated rings. The Balaban J connectivity index is 1.53. The van der Waals surface area contributed by atoms with E-state index >= 15 is 0 Å². The van der Waals surface area contributed by atoms with Gasteiger partial charge < -0.3 is 24.1 Å². The average molecular weight is 560 g/mol. The van der Waals surface area contributed by atoms with Gasteiger partial charge in [-0.15, -0.1) is 0 Å². The zero-order valence-electron chi connectivity index (χ0n) is 18.3. The Kier molecular flexibility index (Phi) is 9.28. The smallest absolute Gasteiger partial charge is 0.169 e. The fourth-order valence-electron chi connectivity index (χ4n) is 3.78. The van der Waals surface area contributed by atoms with Crippen LogP contribution >= 0.6 is 22.6 Å². The van der Waals surface area contributed by atoms with Crippen molar-refractivity contribution in [2.75, 3.05) is 6.61 Å². The van der Waals surface area contributed by atoms with Gasteiger partial charge in [0.1, 0.15) is 18.3 Å². The molecule has 1 heterocycles. The summed E-state index contributed by atoms with van der Waals surface area (Å²) in [7, 11) is 0. The van der Waals surface area contributed by atoms with Crippen molar-refractivity contribution in [2.24, 2.45) is 0 Å². The van der Waals surface area contributed by atoms with Crippen LogP contribution in [0, 0.1) is 0 Å². The Bertz CT molecular complexity index is 941. The van der Waals surface area contributed by atoms with Gasteiger partial charge in [-0.1, -0.05) is 114 Å². The van der Waals surface area contributed by atoms with E-state index in [1.165, 1.54) is 0 Å². The summed E-state index contributed by atoms with van der Waals surface area (Å²) in [5.74, 6) is 0. The summed E-state index contributed by atoms with van der Waals surface area (Å²) >= 11 is 2.20. The van der Waals surface area contributed by atoms with Crippen LogP contribution in [0.2, 0.25) is 0 Å². The second-order valence-corrected chi connectivity index (χ2v) is 9.46. The minimum absolute atomic E-state index is 0.220. The highest BCUT2D eigenvalue weighted by molar-refractivity contribution is 14.1. The van der Waals surface area contributed by atoms with Crippen LogP contribution in [0.15, 0.2) is 91.0 Å². The lowest BCUT2D eigenvalue weighted by atomic mass is 10.1. The molecule has 1 N–H and O–H groups in total. The molecule has 3 aromatic rings. The summed E-state index contributed by atoms with van der Waals surface area (Å²) in [4.78, 5) is 0. The molecule has 6 heteroatoms. The van der Waals surface area contributed by atoms with E-state index in [4.69, 9.17) is 18.9 Å². The Hall–Kier alpha value is -1.81. The summed E-state index contributed by atoms with van der Waals surface area (Å²) in [6.45, 7) is 1.47. The molecule has 3 aromatic carbocycles. The standard InChI is InChI=1S/C27H29IO5/c28-24-26(32-18-22-14-8-3-9-15-22)25(31-17-21-12-6-2-7-13-21)23(19-33-27(24)29)30-16-20-10-4-1-5-11-20/h1-15,23-27,29H,16-19H2/t23-,24-,25+,26+,27-/m1/s1. The first kappa shape index (κ1) is 24.3. The van der Waals surface area contributed by atoms with Crippen molar-refractivity contribution < 1.29 is 24.1 Å². The summed E-state index contributed by atoms with van der Waals surface area (Å²) < 4.78 is 24.5. The highest BCUT2D eigenvalue weighted by Crippen LogP contribution is 2.29. The van der Waals surface area contributed by atoms with Gasteiger partial charge in [-0.2, -0.15) is 0 Å². The van der Waals surface area contributed by atoms with E-state index in [1.54, 1.807) is 0 Å². The fourth-order valence-corrected chi connectivity index (χ4v) is 4.60. The van der Waals surface area contributed by atoms with Crippen molar-refractivity contribution >= 4 is 22.6 Å². The second-order valence-electron chi connectivity index (χ2n) is 8.03. The maximum absolute atomic E-state index is 10.6. The molecule has 5 nitrogen and oxygen atoms in total. The lowest BCUT2D eigenvalue weighted by Gasteiger charge is -2.33. The summed E-state index contributed by atoms with van der Waals surface area (Å²) in [6.07, 6.45) is -2.21. The number of hydrogen-bond donors (Lipinski definition) is 1. The number of aliphatic hydroxyl groups excluding tert-OH is 1. The van der Waals surface area contributed by atoms with E-state index in [0.29, 0.717) is 19.8 Å². The van der Waals surface area contributed by atoms with Crippen molar-refractivity contribution in [3.05, 3.63) is 108 Å². The highest BCUT2D eigenvalue weighted by atomic mass is 127. The van der Waals surface area contributed by atoms with Crippen LogP contribution < -0.4 is 0 Å². The first-order valence-electron chi connectivity index (χ1n) is 11.1. The summed E-state index contributed by atoms with van der Waals surface area (Å²) in [6, 6.07) is 30.0. The zero-order chi connectivity index (χ0) is 22.9. The van der Waals surface area contributed by atoms with Crippen LogP contribution in [0.1, 0.15) is 16.7 Å². The molecule has 0 bridgehead atoms. The highest BCUT2D eigenvalue weighted by Gasteiger charge is 2.43. The van der Waals surface area contributed by atoms with E-state index in [2.05, 4.69) is 22.6 Å². The number of halogens is 1. The van der Waals surface area contributed by atoms with Gasteiger partial charge in [0.2, 0.25) is 0 Å². The largest absolute Gasteiger partial charge is 0.369 e. The van der Waals surface area contributed by atoms with Crippen molar-refractivity contribution in [1.29, 1.82) is 0 Å². The Morgan fingerprint density at radius 3 is 1.58 bits per heavy atom. The van der Waals surface area contributed by atoms with Gasteiger partial charge in [0.15, 0.2) is 6.29 Å². The molecule has 1 aliphatic rings. The van der Waals surface area contributed by atoms with Crippen LogP contribution in [0.3, 0.4) is 0 Å². The molecule has 1 saturated heterocycles. The van der Waals surface area contributed by atoms with Crippen LogP contribution in [-0.2, 0) is 38.8 Å². The lowest BCUT2D eigenvalue weighted by molar-refractivity contribution is -0.151. The van der Waals surface area contributed by atoms with E-state index in [0.717, 1.165) is 16.7 Å². The number of alkyl halides is 1. The van der Waals surface area contributed by atoms with Gasteiger partial charge in [-0.25, -0.2) is 0 Å². The van der Waals surface area contributed by atoms with E-state index < -0.39 is 24.6 Å². The van der Waals surface area contributed by atoms with Gasteiger partial charge in [0.05, 0.1) is 30.4 Å². The predicted octanol–water partition coefficient (Wildman–Crippen LogP) is 4.89. The monoisotopic (exact) mass is 560 g/mol. The van der Waals surface area contributed by atoms with E-state index in [9.17, 15) is 5.11 Å². The zero-order valence-corrected chi connectivity index (χ0v) is 20.5. The van der Waals surface area contributed by atoms with E-state index in [-0.39, 0.29) is 10.5 Å². The van der Waals surface area contributed by atoms with Crippen molar-refractivity contribution in [3.8, 4) is 0 Å². The van der Waals surface area contributed by atoms with Crippen LogP contribution in [0.4, 0.5) is 0 Å². The molecule has 174 valence electrons. The maximum Gasteiger partial charge on any atom is 0.169 e. The molecule has 4 rings (SSSR count). The molecule has 0 spiro atoms. The summed E-state index contributed by atoms with van der Waals surface area (Å²) in [5.41, 5.74) is 3.19. The van der Waals surface area contributed by atoms with Crippen LogP contribution in [0.25, 0.3) is 0 Å². The van der Waals surface area contributed by atoms with Crippen molar-refractivity contribution in [1.82, 2.24) is 0 Å². The Morgan fingerprint density at radius 1 is 0.667 bits per heavy atom. The normalized spacial score (nSPS) is 25.5. The number of ether oxygens (including phenoxy) is 4.